The second-order valence-corrected chi connectivity index (χ2v) is 10.6. The molecule has 1 aliphatic rings. The third-order valence-corrected chi connectivity index (χ3v) is 8.03. The van der Waals surface area contributed by atoms with Crippen LogP contribution in [-0.4, -0.2) is 60.6 Å². The third kappa shape index (κ3) is 5.74. The third-order valence-electron chi connectivity index (χ3n) is 5.89. The minimum absolute atomic E-state index is 0.0774. The minimum Gasteiger partial charge on any atom is -0.462 e. The zero-order valence-electron chi connectivity index (χ0n) is 20.8. The van der Waals surface area contributed by atoms with Crippen molar-refractivity contribution in [2.75, 3.05) is 43.3 Å². The molecule has 1 amide bonds. The average molecular weight is 531 g/mol. The Kier molecular flexibility index (Phi) is 8.32. The molecule has 3 aromatic rings. The van der Waals surface area contributed by atoms with Gasteiger partial charge in [-0.25, -0.2) is 9.78 Å². The van der Waals surface area contributed by atoms with E-state index < -0.39 is 5.97 Å². The highest BCUT2D eigenvalue weighted by atomic mass is 32.2. The number of esters is 1. The van der Waals surface area contributed by atoms with Crippen LogP contribution in [0.4, 0.5) is 11.4 Å². The van der Waals surface area contributed by atoms with Gasteiger partial charge in [0.2, 0.25) is 5.91 Å². The zero-order valence-corrected chi connectivity index (χ0v) is 22.5. The number of amides is 1. The fourth-order valence-electron chi connectivity index (χ4n) is 4.02. The van der Waals surface area contributed by atoms with Crippen LogP contribution in [-0.2, 0) is 20.8 Å². The number of nitrogens with zero attached hydrogens (tertiary/aromatic N) is 3. The van der Waals surface area contributed by atoms with Crippen LogP contribution in [0, 0.1) is 6.92 Å². The molecule has 36 heavy (non-hydrogen) atoms. The number of thioether (sulfide) groups is 1. The van der Waals surface area contributed by atoms with Gasteiger partial charge in [0, 0.05) is 32.1 Å². The molecule has 0 aliphatic carbocycles. The lowest BCUT2D eigenvalue weighted by molar-refractivity contribution is -0.113. The van der Waals surface area contributed by atoms with E-state index in [-0.39, 0.29) is 29.9 Å². The van der Waals surface area contributed by atoms with E-state index in [1.165, 1.54) is 11.8 Å². The Labute approximate surface area is 217 Å². The van der Waals surface area contributed by atoms with E-state index >= 15 is 0 Å². The number of rotatable bonds is 9. The molecule has 1 aliphatic heterocycles. The zero-order chi connectivity index (χ0) is 25.8. The highest BCUT2D eigenvalue weighted by Gasteiger charge is 2.25. The molecular formula is C25H30N4O5S2. The molecule has 0 unspecified atom stereocenters. The van der Waals surface area contributed by atoms with Gasteiger partial charge in [-0.1, -0.05) is 11.8 Å². The predicted octanol–water partition coefficient (Wildman–Crippen LogP) is 3.92. The molecule has 1 aromatic carbocycles. The summed E-state index contributed by atoms with van der Waals surface area (Å²) in [6, 6.07) is 7.55. The topological polar surface area (TPSA) is 103 Å². The van der Waals surface area contributed by atoms with E-state index in [1.807, 2.05) is 43.3 Å². The lowest BCUT2D eigenvalue weighted by Crippen LogP contribution is -2.29. The predicted molar refractivity (Wildman–Crippen MR) is 144 cm³/mol. The van der Waals surface area contributed by atoms with Crippen molar-refractivity contribution in [2.45, 2.75) is 44.5 Å². The van der Waals surface area contributed by atoms with Crippen LogP contribution in [0.25, 0.3) is 10.2 Å². The first kappa shape index (κ1) is 26.2. The molecule has 1 atom stereocenters. The van der Waals surface area contributed by atoms with E-state index in [0.29, 0.717) is 44.7 Å². The van der Waals surface area contributed by atoms with E-state index in [4.69, 9.17) is 14.5 Å². The second-order valence-electron chi connectivity index (χ2n) is 8.68. The Bertz CT molecular complexity index is 1310. The average Bonchev–Trinajstić information content (AvgIpc) is 3.48. The normalized spacial score (nSPS) is 15.3. The fraction of sp³-hybridized carbons (Fsp3) is 0.440. The van der Waals surface area contributed by atoms with Crippen LogP contribution in [0.5, 0.6) is 0 Å². The highest BCUT2D eigenvalue weighted by molar-refractivity contribution is 7.99. The van der Waals surface area contributed by atoms with Crippen molar-refractivity contribution < 1.29 is 19.1 Å². The molecule has 0 spiro atoms. The van der Waals surface area contributed by atoms with Crippen LogP contribution in [0.15, 0.2) is 34.2 Å². The van der Waals surface area contributed by atoms with Gasteiger partial charge in [-0.2, -0.15) is 0 Å². The molecule has 0 bridgehead atoms. The number of carbonyl (C=O) groups is 2. The molecule has 1 fully saturated rings. The summed E-state index contributed by atoms with van der Waals surface area (Å²) in [6.45, 7) is 4.74. The SMILES string of the molecule is CCOC(=O)c1sc2nc(SCC(=O)Nc3ccc(N(C)C)cc3)n(C[C@@H]3CCCO3)c(=O)c2c1C. The maximum atomic E-state index is 13.6. The lowest BCUT2D eigenvalue weighted by Gasteiger charge is -2.16. The molecule has 4 rings (SSSR count). The van der Waals surface area contributed by atoms with Crippen LogP contribution in [0.1, 0.15) is 35.0 Å². The van der Waals surface area contributed by atoms with Gasteiger partial charge in [0.05, 0.1) is 30.4 Å². The molecule has 9 nitrogen and oxygen atoms in total. The number of aromatic nitrogens is 2. The Morgan fingerprint density at radius 1 is 1.31 bits per heavy atom. The van der Waals surface area contributed by atoms with Gasteiger partial charge < -0.3 is 19.7 Å². The van der Waals surface area contributed by atoms with Gasteiger partial charge in [0.25, 0.3) is 5.56 Å². The van der Waals surface area contributed by atoms with Crippen LogP contribution < -0.4 is 15.8 Å². The largest absolute Gasteiger partial charge is 0.462 e. The van der Waals surface area contributed by atoms with Gasteiger partial charge >= 0.3 is 5.97 Å². The van der Waals surface area contributed by atoms with E-state index in [0.717, 1.165) is 29.9 Å². The summed E-state index contributed by atoms with van der Waals surface area (Å²) < 4.78 is 12.5. The summed E-state index contributed by atoms with van der Waals surface area (Å²) in [6.07, 6.45) is 1.71. The van der Waals surface area contributed by atoms with Crippen molar-refractivity contribution in [3.8, 4) is 0 Å². The van der Waals surface area contributed by atoms with Crippen molar-refractivity contribution in [3.05, 3.63) is 45.1 Å². The molecule has 1 N–H and O–H groups in total. The number of thiophene rings is 1. The van der Waals surface area contributed by atoms with Gasteiger partial charge in [0.15, 0.2) is 5.16 Å². The van der Waals surface area contributed by atoms with Crippen molar-refractivity contribution >= 4 is 56.6 Å². The smallest absolute Gasteiger partial charge is 0.348 e. The van der Waals surface area contributed by atoms with Crippen LogP contribution in [0.2, 0.25) is 0 Å². The van der Waals surface area contributed by atoms with Gasteiger partial charge in [-0.3, -0.25) is 14.2 Å². The quantitative estimate of drug-likeness (QED) is 0.252. The number of carbonyl (C=O) groups excluding carboxylic acids is 2. The van der Waals surface area contributed by atoms with Gasteiger partial charge in [-0.05, 0) is 56.5 Å². The van der Waals surface area contributed by atoms with E-state index in [1.54, 1.807) is 18.4 Å². The summed E-state index contributed by atoms with van der Waals surface area (Å²) in [5, 5.41) is 3.73. The number of aryl methyl sites for hydroxylation is 1. The number of hydrogen-bond acceptors (Lipinski definition) is 9. The molecule has 3 heterocycles. The Morgan fingerprint density at radius 2 is 2.06 bits per heavy atom. The van der Waals surface area contributed by atoms with Crippen molar-refractivity contribution in [1.29, 1.82) is 0 Å². The van der Waals surface area contributed by atoms with E-state index in [9.17, 15) is 14.4 Å². The number of benzene rings is 1. The number of hydrogen-bond donors (Lipinski definition) is 1. The summed E-state index contributed by atoms with van der Waals surface area (Å²) in [5.74, 6) is -0.587. The summed E-state index contributed by atoms with van der Waals surface area (Å²) in [7, 11) is 3.91. The van der Waals surface area contributed by atoms with Crippen molar-refractivity contribution in [1.82, 2.24) is 9.55 Å². The first-order chi connectivity index (χ1) is 17.3. The molecule has 11 heteroatoms. The van der Waals surface area contributed by atoms with Gasteiger partial charge in [-0.15, -0.1) is 11.3 Å². The van der Waals surface area contributed by atoms with E-state index in [2.05, 4.69) is 5.32 Å². The monoisotopic (exact) mass is 530 g/mol. The second kappa shape index (κ2) is 11.4. The number of nitrogens with one attached hydrogen (secondary N) is 1. The fourth-order valence-corrected chi connectivity index (χ4v) is 5.95. The minimum atomic E-state index is -0.461. The van der Waals surface area contributed by atoms with Gasteiger partial charge in [0.1, 0.15) is 9.71 Å². The first-order valence-corrected chi connectivity index (χ1v) is 13.6. The number of ether oxygens (including phenoxy) is 2. The van der Waals surface area contributed by atoms with Crippen LogP contribution in [0.3, 0.4) is 0 Å². The first-order valence-electron chi connectivity index (χ1n) is 11.8. The summed E-state index contributed by atoms with van der Waals surface area (Å²) in [4.78, 5) is 46.2. The summed E-state index contributed by atoms with van der Waals surface area (Å²) in [5.41, 5.74) is 2.07. The van der Waals surface area contributed by atoms with Crippen molar-refractivity contribution in [3.63, 3.8) is 0 Å². The molecule has 0 radical (unpaired) electrons. The summed E-state index contributed by atoms with van der Waals surface area (Å²) >= 11 is 2.34. The Balaban J connectivity index is 1.60. The Morgan fingerprint density at radius 3 is 2.69 bits per heavy atom. The lowest BCUT2D eigenvalue weighted by atomic mass is 10.2. The number of fused-ring (bicyclic) bond motifs is 1. The molecular weight excluding hydrogens is 500 g/mol. The maximum absolute atomic E-state index is 13.6. The molecule has 2 aromatic heterocycles. The molecule has 0 saturated carbocycles. The Hall–Kier alpha value is -2.89. The van der Waals surface area contributed by atoms with Crippen molar-refractivity contribution in [2.24, 2.45) is 0 Å². The standard InChI is InChI=1S/C25H30N4O5S2/c1-5-33-24(32)21-15(2)20-22(36-21)27-25(29(23(20)31)13-18-7-6-12-34-18)35-14-19(30)26-16-8-10-17(11-9-16)28(3)4/h8-11,18H,5-7,12-14H2,1-4H3,(H,26,30)/t18-/m0/s1. The highest BCUT2D eigenvalue weighted by Crippen LogP contribution is 2.30. The number of anilines is 2. The molecule has 192 valence electrons. The van der Waals surface area contributed by atoms with Crippen LogP contribution >= 0.6 is 23.1 Å². The molecule has 1 saturated heterocycles. The maximum Gasteiger partial charge on any atom is 0.348 e.